The zero-order valence-electron chi connectivity index (χ0n) is 13.2. The zero-order chi connectivity index (χ0) is 16.3. The first-order valence-corrected chi connectivity index (χ1v) is 8.16. The van der Waals surface area contributed by atoms with Gasteiger partial charge in [0.15, 0.2) is 0 Å². The Balaban J connectivity index is 2.13. The number of carbonyl (C=O) groups is 1. The Morgan fingerprint density at radius 1 is 1.41 bits per heavy atom. The number of carbonyl (C=O) groups excluding carboxylic acids is 1. The molecule has 1 aliphatic heterocycles. The Morgan fingerprint density at radius 3 is 2.82 bits per heavy atom. The standard InChI is InChI=1S/C16H22Cl2N2O2/c1-16(2,3)22-15(21)20-7-6-19-10-13(20)9-11-8-12(17)4-5-14(11)18/h4-5,8,13,19H,6-7,9-10H2,1-3H3/t13-/m1/s1. The quantitative estimate of drug-likeness (QED) is 0.888. The smallest absolute Gasteiger partial charge is 0.410 e. The molecule has 122 valence electrons. The maximum absolute atomic E-state index is 12.4. The maximum atomic E-state index is 12.4. The summed E-state index contributed by atoms with van der Waals surface area (Å²) in [5, 5.41) is 4.62. The van der Waals surface area contributed by atoms with E-state index in [0.29, 0.717) is 29.6 Å². The fourth-order valence-electron chi connectivity index (χ4n) is 2.46. The molecular formula is C16H22Cl2N2O2. The minimum Gasteiger partial charge on any atom is -0.444 e. The number of nitrogens with one attached hydrogen (secondary N) is 1. The van der Waals surface area contributed by atoms with E-state index >= 15 is 0 Å². The van der Waals surface area contributed by atoms with Crippen molar-refractivity contribution in [1.29, 1.82) is 0 Å². The first-order chi connectivity index (χ1) is 10.3. The van der Waals surface area contributed by atoms with Crippen molar-refractivity contribution < 1.29 is 9.53 Å². The van der Waals surface area contributed by atoms with Crippen LogP contribution in [0.3, 0.4) is 0 Å². The van der Waals surface area contributed by atoms with Gasteiger partial charge < -0.3 is 15.0 Å². The molecule has 1 aliphatic rings. The van der Waals surface area contributed by atoms with Crippen LogP contribution in [0.2, 0.25) is 10.0 Å². The van der Waals surface area contributed by atoms with Crippen molar-refractivity contribution in [2.24, 2.45) is 0 Å². The van der Waals surface area contributed by atoms with Crippen LogP contribution in [0.15, 0.2) is 18.2 Å². The number of rotatable bonds is 2. The van der Waals surface area contributed by atoms with Crippen molar-refractivity contribution in [2.45, 2.75) is 38.8 Å². The van der Waals surface area contributed by atoms with Gasteiger partial charge >= 0.3 is 6.09 Å². The number of nitrogens with zero attached hydrogens (tertiary/aromatic N) is 1. The first kappa shape index (κ1) is 17.4. The van der Waals surface area contributed by atoms with Gasteiger partial charge in [-0.2, -0.15) is 0 Å². The Morgan fingerprint density at radius 2 is 2.14 bits per heavy atom. The molecule has 1 heterocycles. The number of ether oxygens (including phenoxy) is 1. The van der Waals surface area contributed by atoms with E-state index in [4.69, 9.17) is 27.9 Å². The first-order valence-electron chi connectivity index (χ1n) is 7.40. The van der Waals surface area contributed by atoms with Crippen molar-refractivity contribution in [1.82, 2.24) is 10.2 Å². The highest BCUT2D eigenvalue weighted by Gasteiger charge is 2.30. The Hall–Kier alpha value is -0.970. The molecule has 1 aromatic rings. The lowest BCUT2D eigenvalue weighted by Crippen LogP contribution is -2.55. The third kappa shape index (κ3) is 4.77. The molecule has 0 spiro atoms. The molecule has 1 N–H and O–H groups in total. The maximum Gasteiger partial charge on any atom is 0.410 e. The molecule has 6 heteroatoms. The van der Waals surface area contributed by atoms with Crippen LogP contribution in [0.1, 0.15) is 26.3 Å². The van der Waals surface area contributed by atoms with Crippen LogP contribution in [-0.2, 0) is 11.2 Å². The van der Waals surface area contributed by atoms with Crippen molar-refractivity contribution in [2.75, 3.05) is 19.6 Å². The predicted octanol–water partition coefficient (Wildman–Crippen LogP) is 3.74. The zero-order valence-corrected chi connectivity index (χ0v) is 14.7. The summed E-state index contributed by atoms with van der Waals surface area (Å²) < 4.78 is 5.50. The van der Waals surface area contributed by atoms with Gasteiger partial charge in [-0.25, -0.2) is 4.79 Å². The molecule has 0 bridgehead atoms. The van der Waals surface area contributed by atoms with E-state index in [1.807, 2.05) is 26.8 Å². The Labute approximate surface area is 141 Å². The van der Waals surface area contributed by atoms with Gasteiger partial charge in [0.2, 0.25) is 0 Å². The lowest BCUT2D eigenvalue weighted by molar-refractivity contribution is 0.0122. The second-order valence-electron chi connectivity index (χ2n) is 6.47. The van der Waals surface area contributed by atoms with E-state index in [-0.39, 0.29) is 12.1 Å². The number of amides is 1. The van der Waals surface area contributed by atoms with Crippen LogP contribution in [0.4, 0.5) is 4.79 Å². The highest BCUT2D eigenvalue weighted by molar-refractivity contribution is 6.33. The van der Waals surface area contributed by atoms with Gasteiger partial charge in [-0.1, -0.05) is 23.2 Å². The summed E-state index contributed by atoms with van der Waals surface area (Å²) in [6.45, 7) is 7.71. The molecule has 1 saturated heterocycles. The van der Waals surface area contributed by atoms with Gasteiger partial charge in [-0.3, -0.25) is 0 Å². The highest BCUT2D eigenvalue weighted by atomic mass is 35.5. The normalized spacial score (nSPS) is 19.1. The van der Waals surface area contributed by atoms with E-state index in [1.54, 1.807) is 17.0 Å². The van der Waals surface area contributed by atoms with Crippen LogP contribution >= 0.6 is 23.2 Å². The molecular weight excluding hydrogens is 323 g/mol. The molecule has 22 heavy (non-hydrogen) atoms. The largest absolute Gasteiger partial charge is 0.444 e. The summed E-state index contributed by atoms with van der Waals surface area (Å²) in [5.41, 5.74) is 0.441. The highest BCUT2D eigenvalue weighted by Crippen LogP contribution is 2.24. The molecule has 0 unspecified atom stereocenters. The monoisotopic (exact) mass is 344 g/mol. The molecule has 0 saturated carbocycles. The Kier molecular flexibility index (Phi) is 5.59. The summed E-state index contributed by atoms with van der Waals surface area (Å²) >= 11 is 12.3. The number of benzene rings is 1. The van der Waals surface area contributed by atoms with E-state index in [0.717, 1.165) is 12.1 Å². The summed E-state index contributed by atoms with van der Waals surface area (Å²) in [5.74, 6) is 0. The van der Waals surface area contributed by atoms with Crippen molar-refractivity contribution in [3.8, 4) is 0 Å². The average Bonchev–Trinajstić information content (AvgIpc) is 2.41. The van der Waals surface area contributed by atoms with Crippen molar-refractivity contribution in [3.05, 3.63) is 33.8 Å². The molecule has 0 radical (unpaired) electrons. The van der Waals surface area contributed by atoms with Crippen LogP contribution < -0.4 is 5.32 Å². The molecule has 0 aromatic heterocycles. The van der Waals surface area contributed by atoms with Gasteiger partial charge in [0.25, 0.3) is 0 Å². The third-order valence-corrected chi connectivity index (χ3v) is 4.05. The van der Waals surface area contributed by atoms with E-state index < -0.39 is 5.60 Å². The number of hydrogen-bond donors (Lipinski definition) is 1. The molecule has 1 amide bonds. The van der Waals surface area contributed by atoms with E-state index in [1.165, 1.54) is 0 Å². The SMILES string of the molecule is CC(C)(C)OC(=O)N1CCNC[C@H]1Cc1cc(Cl)ccc1Cl. The molecule has 2 rings (SSSR count). The van der Waals surface area contributed by atoms with Gasteiger partial charge in [0.05, 0.1) is 6.04 Å². The topological polar surface area (TPSA) is 41.6 Å². The number of piperazine rings is 1. The van der Waals surface area contributed by atoms with Gasteiger partial charge in [0, 0.05) is 29.7 Å². The van der Waals surface area contributed by atoms with Crippen LogP contribution in [0.25, 0.3) is 0 Å². The van der Waals surface area contributed by atoms with Crippen molar-refractivity contribution in [3.63, 3.8) is 0 Å². The minimum absolute atomic E-state index is 0.000401. The minimum atomic E-state index is -0.500. The van der Waals surface area contributed by atoms with Crippen LogP contribution in [0.5, 0.6) is 0 Å². The molecule has 0 aliphatic carbocycles. The fourth-order valence-corrected chi connectivity index (χ4v) is 2.85. The van der Waals surface area contributed by atoms with Gasteiger partial charge in [-0.05, 0) is 51.0 Å². The second-order valence-corrected chi connectivity index (χ2v) is 7.32. The molecule has 1 atom stereocenters. The fraction of sp³-hybridized carbons (Fsp3) is 0.562. The van der Waals surface area contributed by atoms with Gasteiger partial charge in [-0.15, -0.1) is 0 Å². The lowest BCUT2D eigenvalue weighted by Gasteiger charge is -2.37. The molecule has 1 aromatic carbocycles. The van der Waals surface area contributed by atoms with Crippen LogP contribution in [0, 0.1) is 0 Å². The third-order valence-electron chi connectivity index (χ3n) is 3.44. The van der Waals surface area contributed by atoms with Crippen molar-refractivity contribution >= 4 is 29.3 Å². The number of halogens is 2. The summed E-state index contributed by atoms with van der Waals surface area (Å²) in [7, 11) is 0. The van der Waals surface area contributed by atoms with E-state index in [2.05, 4.69) is 5.32 Å². The van der Waals surface area contributed by atoms with E-state index in [9.17, 15) is 4.79 Å². The lowest BCUT2D eigenvalue weighted by atomic mass is 10.0. The average molecular weight is 345 g/mol. The predicted molar refractivity (Wildman–Crippen MR) is 89.8 cm³/mol. The summed E-state index contributed by atoms with van der Waals surface area (Å²) in [6, 6.07) is 5.40. The molecule has 1 fully saturated rings. The summed E-state index contributed by atoms with van der Waals surface area (Å²) in [4.78, 5) is 14.2. The number of hydrogen-bond acceptors (Lipinski definition) is 3. The van der Waals surface area contributed by atoms with Crippen LogP contribution in [-0.4, -0.2) is 42.3 Å². The summed E-state index contributed by atoms with van der Waals surface area (Å²) in [6.07, 6.45) is 0.364. The van der Waals surface area contributed by atoms with Gasteiger partial charge in [0.1, 0.15) is 5.60 Å². The molecule has 4 nitrogen and oxygen atoms in total. The second kappa shape index (κ2) is 7.07. The Bertz CT molecular complexity index is 543.